The van der Waals surface area contributed by atoms with Crippen molar-refractivity contribution in [2.24, 2.45) is 5.73 Å². The average molecular weight is 337 g/mol. The lowest BCUT2D eigenvalue weighted by Gasteiger charge is -2.13. The molecule has 0 unspecified atom stereocenters. The standard InChI is InChI=1S/C19H16FN3O2/c20-17-14(8-4-9-15(17)23-19(21)24)18-16(10-5-11-22-18)25-12-13-6-2-1-3-7-13/h1-11H,12H2,(H3,21,23,24). The molecule has 0 saturated heterocycles. The number of amides is 2. The van der Waals surface area contributed by atoms with Crippen LogP contribution in [0.3, 0.4) is 0 Å². The number of nitrogens with zero attached hydrogens (tertiary/aromatic N) is 1. The van der Waals surface area contributed by atoms with Gasteiger partial charge in [-0.1, -0.05) is 36.4 Å². The molecule has 0 atom stereocenters. The quantitative estimate of drug-likeness (QED) is 0.740. The van der Waals surface area contributed by atoms with Gasteiger partial charge >= 0.3 is 6.03 Å². The maximum absolute atomic E-state index is 14.7. The van der Waals surface area contributed by atoms with Gasteiger partial charge < -0.3 is 15.8 Å². The van der Waals surface area contributed by atoms with E-state index in [1.165, 1.54) is 6.07 Å². The molecule has 3 rings (SSSR count). The highest BCUT2D eigenvalue weighted by Gasteiger charge is 2.16. The van der Waals surface area contributed by atoms with Gasteiger partial charge in [-0.15, -0.1) is 0 Å². The second kappa shape index (κ2) is 7.44. The minimum atomic E-state index is -0.836. The molecular formula is C19H16FN3O2. The number of hydrogen-bond acceptors (Lipinski definition) is 3. The van der Waals surface area contributed by atoms with Crippen LogP contribution in [0.25, 0.3) is 11.3 Å². The van der Waals surface area contributed by atoms with Crippen LogP contribution in [0.4, 0.5) is 14.9 Å². The van der Waals surface area contributed by atoms with Gasteiger partial charge in [0.05, 0.1) is 5.69 Å². The van der Waals surface area contributed by atoms with Crippen LogP contribution < -0.4 is 15.8 Å². The summed E-state index contributed by atoms with van der Waals surface area (Å²) in [6.45, 7) is 0.334. The summed E-state index contributed by atoms with van der Waals surface area (Å²) in [6, 6.07) is 16.8. The number of nitrogens with two attached hydrogens (primary N) is 1. The predicted molar refractivity (Wildman–Crippen MR) is 93.6 cm³/mol. The lowest BCUT2D eigenvalue weighted by Crippen LogP contribution is -2.20. The number of halogens is 1. The number of rotatable bonds is 5. The minimum absolute atomic E-state index is 0.00957. The molecule has 0 saturated carbocycles. The molecule has 5 nitrogen and oxygen atoms in total. The number of carbonyl (C=O) groups excluding carboxylic acids is 1. The molecule has 0 bridgehead atoms. The minimum Gasteiger partial charge on any atom is -0.487 e. The average Bonchev–Trinajstić information content (AvgIpc) is 2.63. The molecule has 0 aliphatic carbocycles. The Labute approximate surface area is 144 Å². The second-order valence-corrected chi connectivity index (χ2v) is 5.28. The van der Waals surface area contributed by atoms with Crippen LogP contribution in [-0.4, -0.2) is 11.0 Å². The molecule has 0 aliphatic rings. The van der Waals surface area contributed by atoms with Gasteiger partial charge in [-0.2, -0.15) is 0 Å². The third-order valence-corrected chi connectivity index (χ3v) is 3.52. The van der Waals surface area contributed by atoms with Gasteiger partial charge in [0.1, 0.15) is 18.1 Å². The molecule has 0 spiro atoms. The Morgan fingerprint density at radius 2 is 1.88 bits per heavy atom. The highest BCUT2D eigenvalue weighted by atomic mass is 19.1. The van der Waals surface area contributed by atoms with Gasteiger partial charge in [-0.05, 0) is 29.8 Å². The van der Waals surface area contributed by atoms with Crippen LogP contribution in [0.1, 0.15) is 5.56 Å². The molecule has 2 amide bonds. The lowest BCUT2D eigenvalue weighted by molar-refractivity contribution is 0.259. The van der Waals surface area contributed by atoms with Gasteiger partial charge in [-0.25, -0.2) is 9.18 Å². The van der Waals surface area contributed by atoms with E-state index in [0.29, 0.717) is 18.1 Å². The summed E-state index contributed by atoms with van der Waals surface area (Å²) in [5.74, 6) is -0.175. The zero-order valence-electron chi connectivity index (χ0n) is 13.3. The molecule has 1 aromatic heterocycles. The van der Waals surface area contributed by atoms with Crippen molar-refractivity contribution in [3.63, 3.8) is 0 Å². The van der Waals surface area contributed by atoms with Crippen molar-refractivity contribution in [3.8, 4) is 17.0 Å². The molecule has 25 heavy (non-hydrogen) atoms. The van der Waals surface area contributed by atoms with Crippen LogP contribution in [0.5, 0.6) is 5.75 Å². The van der Waals surface area contributed by atoms with Crippen LogP contribution in [-0.2, 0) is 6.61 Å². The fourth-order valence-electron chi connectivity index (χ4n) is 2.39. The number of carbonyl (C=O) groups is 1. The molecule has 0 fully saturated rings. The molecule has 0 aliphatic heterocycles. The molecule has 126 valence electrons. The van der Waals surface area contributed by atoms with Crippen molar-refractivity contribution < 1.29 is 13.9 Å². The molecule has 3 aromatic rings. The van der Waals surface area contributed by atoms with E-state index >= 15 is 0 Å². The molecule has 6 heteroatoms. The van der Waals surface area contributed by atoms with E-state index in [9.17, 15) is 9.18 Å². The Morgan fingerprint density at radius 3 is 2.64 bits per heavy atom. The molecule has 1 heterocycles. The largest absolute Gasteiger partial charge is 0.487 e. The fraction of sp³-hybridized carbons (Fsp3) is 0.0526. The Balaban J connectivity index is 1.92. The summed E-state index contributed by atoms with van der Waals surface area (Å²) in [7, 11) is 0. The number of urea groups is 1. The first-order chi connectivity index (χ1) is 12.1. The number of benzene rings is 2. The number of ether oxygens (including phenoxy) is 1. The molecule has 0 radical (unpaired) electrons. The summed E-state index contributed by atoms with van der Waals surface area (Å²) in [5.41, 5.74) is 6.61. The van der Waals surface area contributed by atoms with Gasteiger partial charge in [0.15, 0.2) is 5.82 Å². The number of anilines is 1. The van der Waals surface area contributed by atoms with Crippen LogP contribution in [0, 0.1) is 5.82 Å². The van der Waals surface area contributed by atoms with Crippen molar-refractivity contribution in [1.82, 2.24) is 4.98 Å². The van der Waals surface area contributed by atoms with Crippen molar-refractivity contribution in [1.29, 1.82) is 0 Å². The van der Waals surface area contributed by atoms with E-state index in [1.54, 1.807) is 30.5 Å². The number of nitrogens with one attached hydrogen (secondary N) is 1. The number of aromatic nitrogens is 1. The highest BCUT2D eigenvalue weighted by Crippen LogP contribution is 2.32. The van der Waals surface area contributed by atoms with E-state index in [0.717, 1.165) is 5.56 Å². The van der Waals surface area contributed by atoms with Crippen molar-refractivity contribution in [2.75, 3.05) is 5.32 Å². The summed E-state index contributed by atoms with van der Waals surface area (Å²) in [6.07, 6.45) is 1.55. The van der Waals surface area contributed by atoms with Crippen molar-refractivity contribution in [3.05, 3.63) is 78.2 Å². The maximum Gasteiger partial charge on any atom is 0.316 e. The van der Waals surface area contributed by atoms with Gasteiger partial charge in [0.25, 0.3) is 0 Å². The van der Waals surface area contributed by atoms with Gasteiger partial charge in [0, 0.05) is 11.8 Å². The Hall–Kier alpha value is -3.41. The van der Waals surface area contributed by atoms with Crippen molar-refractivity contribution in [2.45, 2.75) is 6.61 Å². The van der Waals surface area contributed by atoms with Gasteiger partial charge in [-0.3, -0.25) is 4.98 Å². The third kappa shape index (κ3) is 3.92. The van der Waals surface area contributed by atoms with Crippen LogP contribution in [0.15, 0.2) is 66.9 Å². The molecule has 3 N–H and O–H groups in total. The second-order valence-electron chi connectivity index (χ2n) is 5.28. The molecule has 2 aromatic carbocycles. The summed E-state index contributed by atoms with van der Waals surface area (Å²) in [5, 5.41) is 2.26. The summed E-state index contributed by atoms with van der Waals surface area (Å²) in [4.78, 5) is 15.2. The van der Waals surface area contributed by atoms with E-state index in [-0.39, 0.29) is 11.3 Å². The van der Waals surface area contributed by atoms with E-state index in [4.69, 9.17) is 10.5 Å². The Kier molecular flexibility index (Phi) is 4.89. The first kappa shape index (κ1) is 16.4. The third-order valence-electron chi connectivity index (χ3n) is 3.52. The number of hydrogen-bond donors (Lipinski definition) is 2. The maximum atomic E-state index is 14.7. The summed E-state index contributed by atoms with van der Waals surface area (Å²) >= 11 is 0. The monoisotopic (exact) mass is 337 g/mol. The Bertz CT molecular complexity index is 885. The smallest absolute Gasteiger partial charge is 0.316 e. The summed E-state index contributed by atoms with van der Waals surface area (Å²) < 4.78 is 20.5. The van der Waals surface area contributed by atoms with E-state index in [1.807, 2.05) is 30.3 Å². The lowest BCUT2D eigenvalue weighted by atomic mass is 10.1. The van der Waals surface area contributed by atoms with Crippen LogP contribution in [0.2, 0.25) is 0 Å². The zero-order valence-corrected chi connectivity index (χ0v) is 13.3. The first-order valence-electron chi connectivity index (χ1n) is 7.62. The van der Waals surface area contributed by atoms with E-state index < -0.39 is 11.8 Å². The normalized spacial score (nSPS) is 10.3. The highest BCUT2D eigenvalue weighted by molar-refractivity contribution is 5.89. The van der Waals surface area contributed by atoms with Crippen LogP contribution >= 0.6 is 0 Å². The first-order valence-corrected chi connectivity index (χ1v) is 7.62. The van der Waals surface area contributed by atoms with E-state index in [2.05, 4.69) is 10.3 Å². The zero-order chi connectivity index (χ0) is 17.6. The fourth-order valence-corrected chi connectivity index (χ4v) is 2.39. The van der Waals surface area contributed by atoms with Gasteiger partial charge in [0.2, 0.25) is 0 Å². The number of pyridine rings is 1. The topological polar surface area (TPSA) is 77.2 Å². The van der Waals surface area contributed by atoms with Crippen molar-refractivity contribution >= 4 is 11.7 Å². The molecular weight excluding hydrogens is 321 g/mol. The number of primary amides is 1. The predicted octanol–water partition coefficient (Wildman–Crippen LogP) is 3.96. The Morgan fingerprint density at radius 1 is 1.08 bits per heavy atom. The SMILES string of the molecule is NC(=O)Nc1cccc(-c2ncccc2OCc2ccccc2)c1F.